The highest BCUT2D eigenvalue weighted by atomic mass is 32.3. The van der Waals surface area contributed by atoms with Crippen LogP contribution in [0.15, 0.2) is 49.1 Å². The molecular formula is C76H152N2O4S. The van der Waals surface area contributed by atoms with Crippen LogP contribution in [0.5, 0.6) is 0 Å². The lowest BCUT2D eigenvalue weighted by atomic mass is 10.0. The zero-order valence-electron chi connectivity index (χ0n) is 58.0. The van der Waals surface area contributed by atoms with E-state index in [1.54, 1.807) is 0 Å². The number of rotatable bonds is 64. The second-order valence-electron chi connectivity index (χ2n) is 26.7. The normalized spacial score (nSPS) is 12.4. The van der Waals surface area contributed by atoms with E-state index in [1.165, 1.54) is 385 Å². The summed E-state index contributed by atoms with van der Waals surface area (Å²) >= 11 is 0. The number of nitrogens with zero attached hydrogens (tertiary/aromatic N) is 2. The summed E-state index contributed by atoms with van der Waals surface area (Å²) in [6.07, 6.45) is 105. The van der Waals surface area contributed by atoms with E-state index in [1.807, 2.05) is 0 Å². The third kappa shape index (κ3) is 89.6. The summed E-state index contributed by atoms with van der Waals surface area (Å²) in [4.78, 5) is 0. The Bertz CT molecular complexity index is 1250. The SMILES string of the molecule is CCCCCCCCCCCCCCCCC=C[N+](C)(C)C=CCCCCCCCCCCCCCCCC.CCCCCCCCCCCCCCCCC=C[N+](C)(C)C=CCCCCCCCCCCCCCCCC.O=S(=O)([O-])[O-]. The molecule has 0 aliphatic rings. The van der Waals surface area contributed by atoms with Crippen LogP contribution in [0.1, 0.15) is 413 Å². The van der Waals surface area contributed by atoms with Crippen molar-refractivity contribution < 1.29 is 26.5 Å². The van der Waals surface area contributed by atoms with Crippen molar-refractivity contribution in [2.45, 2.75) is 413 Å². The Kier molecular flexibility index (Phi) is 74.0. The number of unbranched alkanes of at least 4 members (excludes halogenated alkanes) is 56. The standard InChI is InChI=1S/2C38H76N.H2O4S/c2*1-5-7-9-11-13-15-17-19-21-23-25-27-29-31-33-35-37-39(3,4)38-36-34-32-30-28-26-24-22-20-18-16-14-12-10-8-6-2;1-5(2,3)4/h2*35-38H,5-34H2,1-4H3;(H2,1,2,3,4)/q2*+1;/p-2. The van der Waals surface area contributed by atoms with Gasteiger partial charge < -0.3 is 9.11 Å². The molecule has 0 amide bonds. The molecular weight excluding hydrogens is 1040 g/mol. The minimum Gasteiger partial charge on any atom is -0.759 e. The Morgan fingerprint density at radius 3 is 0.422 bits per heavy atom. The van der Waals surface area contributed by atoms with Crippen LogP contribution in [0, 0.1) is 0 Å². The average molecular weight is 1190 g/mol. The molecule has 0 saturated carbocycles. The minimum absolute atomic E-state index is 0.886. The van der Waals surface area contributed by atoms with Crippen LogP contribution in [0.25, 0.3) is 0 Å². The van der Waals surface area contributed by atoms with Crippen LogP contribution in [0.4, 0.5) is 0 Å². The number of hydrogen-bond acceptors (Lipinski definition) is 4. The predicted molar refractivity (Wildman–Crippen MR) is 371 cm³/mol. The highest BCUT2D eigenvalue weighted by Gasteiger charge is 2.07. The Morgan fingerprint density at radius 1 is 0.217 bits per heavy atom. The second-order valence-corrected chi connectivity index (χ2v) is 27.6. The summed E-state index contributed by atoms with van der Waals surface area (Å²) < 4.78 is 35.9. The van der Waals surface area contributed by atoms with E-state index >= 15 is 0 Å². The fourth-order valence-electron chi connectivity index (χ4n) is 11.3. The summed E-state index contributed by atoms with van der Waals surface area (Å²) in [5, 5.41) is 0. The van der Waals surface area contributed by atoms with Gasteiger partial charge in [-0.1, -0.05) is 362 Å². The van der Waals surface area contributed by atoms with Crippen LogP contribution in [-0.4, -0.2) is 54.7 Å². The van der Waals surface area contributed by atoms with Gasteiger partial charge >= 0.3 is 0 Å². The fraction of sp³-hybridized carbons (Fsp3) is 0.895. The first kappa shape index (κ1) is 86.0. The lowest BCUT2D eigenvalue weighted by molar-refractivity contribution is -0.784. The molecule has 0 rings (SSSR count). The monoisotopic (exact) mass is 1190 g/mol. The number of allylic oxidation sites excluding steroid dienone is 4. The first-order valence-corrected chi connectivity index (χ1v) is 38.6. The third-order valence-electron chi connectivity index (χ3n) is 16.9. The van der Waals surface area contributed by atoms with Crippen molar-refractivity contribution in [1.82, 2.24) is 0 Å². The topological polar surface area (TPSA) is 80.3 Å². The highest BCUT2D eigenvalue weighted by Crippen LogP contribution is 2.19. The zero-order chi connectivity index (χ0) is 61.6. The van der Waals surface area contributed by atoms with Crippen LogP contribution >= 0.6 is 0 Å². The summed E-state index contributed by atoms with van der Waals surface area (Å²) in [7, 11) is 4.01. The molecule has 0 aliphatic heterocycles. The summed E-state index contributed by atoms with van der Waals surface area (Å²) in [6, 6.07) is 0. The molecule has 0 bridgehead atoms. The van der Waals surface area contributed by atoms with E-state index in [0.29, 0.717) is 0 Å². The van der Waals surface area contributed by atoms with E-state index in [4.69, 9.17) is 17.5 Å². The molecule has 6 nitrogen and oxygen atoms in total. The van der Waals surface area contributed by atoms with Gasteiger partial charge in [0, 0.05) is 10.4 Å². The van der Waals surface area contributed by atoms with Crippen molar-refractivity contribution in [2.24, 2.45) is 0 Å². The fourth-order valence-corrected chi connectivity index (χ4v) is 11.3. The molecule has 0 atom stereocenters. The molecule has 83 heavy (non-hydrogen) atoms. The Hall–Kier alpha value is -1.25. The highest BCUT2D eigenvalue weighted by molar-refractivity contribution is 7.79. The van der Waals surface area contributed by atoms with Gasteiger partial charge in [0.1, 0.15) is 0 Å². The van der Waals surface area contributed by atoms with Crippen molar-refractivity contribution in [3.8, 4) is 0 Å². The maximum Gasteiger partial charge on any atom is 0.0959 e. The summed E-state index contributed by atoms with van der Waals surface area (Å²) in [5.74, 6) is 0. The van der Waals surface area contributed by atoms with Crippen LogP contribution < -0.4 is 0 Å². The van der Waals surface area contributed by atoms with Gasteiger partial charge in [-0.2, -0.15) is 0 Å². The van der Waals surface area contributed by atoms with Gasteiger partial charge in [0.25, 0.3) is 0 Å². The third-order valence-corrected chi connectivity index (χ3v) is 16.9. The minimum atomic E-state index is -5.17. The summed E-state index contributed by atoms with van der Waals surface area (Å²) in [6.45, 7) is 9.21. The quantitative estimate of drug-likeness (QED) is 0.0263. The van der Waals surface area contributed by atoms with Gasteiger partial charge in [-0.15, -0.1) is 0 Å². The van der Waals surface area contributed by atoms with Crippen LogP contribution in [0.3, 0.4) is 0 Å². The van der Waals surface area contributed by atoms with E-state index < -0.39 is 10.4 Å². The van der Waals surface area contributed by atoms with E-state index in [-0.39, 0.29) is 0 Å². The van der Waals surface area contributed by atoms with Crippen molar-refractivity contribution in [2.75, 3.05) is 28.2 Å². The zero-order valence-corrected chi connectivity index (χ0v) is 58.8. The Labute approximate surface area is 524 Å². The molecule has 0 unspecified atom stereocenters. The number of quaternary nitrogens is 2. The van der Waals surface area contributed by atoms with Crippen molar-refractivity contribution in [1.29, 1.82) is 0 Å². The van der Waals surface area contributed by atoms with Gasteiger partial charge in [0.05, 0.1) is 53.0 Å². The van der Waals surface area contributed by atoms with Gasteiger partial charge in [0.2, 0.25) is 0 Å². The van der Waals surface area contributed by atoms with E-state index in [0.717, 1.165) is 8.97 Å². The predicted octanol–water partition coefficient (Wildman–Crippen LogP) is 26.3. The molecule has 0 aliphatic carbocycles. The smallest absolute Gasteiger partial charge is 0.0959 e. The maximum atomic E-state index is 8.52. The average Bonchev–Trinajstić information content (AvgIpc) is 3.44. The largest absolute Gasteiger partial charge is 0.759 e. The first-order valence-electron chi connectivity index (χ1n) is 37.3. The van der Waals surface area contributed by atoms with Gasteiger partial charge in [-0.3, -0.25) is 17.4 Å². The second kappa shape index (κ2) is 71.5. The molecule has 7 heteroatoms. The molecule has 0 radical (unpaired) electrons. The molecule has 0 heterocycles. The molecule has 496 valence electrons. The molecule has 0 N–H and O–H groups in total. The molecule has 0 spiro atoms. The van der Waals surface area contributed by atoms with E-state index in [9.17, 15) is 0 Å². The molecule has 0 aromatic rings. The van der Waals surface area contributed by atoms with Crippen molar-refractivity contribution in [3.05, 3.63) is 49.1 Å². The molecule has 0 aromatic carbocycles. The molecule has 0 aromatic heterocycles. The van der Waals surface area contributed by atoms with Gasteiger partial charge in [-0.25, -0.2) is 0 Å². The van der Waals surface area contributed by atoms with Gasteiger partial charge in [0.15, 0.2) is 0 Å². The van der Waals surface area contributed by atoms with Crippen molar-refractivity contribution in [3.63, 3.8) is 0 Å². The number of hydrogen-bond donors (Lipinski definition) is 0. The van der Waals surface area contributed by atoms with E-state index in [2.05, 4.69) is 105 Å². The maximum absolute atomic E-state index is 8.52. The summed E-state index contributed by atoms with van der Waals surface area (Å²) in [5.41, 5.74) is 0. The molecule has 0 saturated heterocycles. The lowest BCUT2D eigenvalue weighted by Gasteiger charge is -2.19. The lowest BCUT2D eigenvalue weighted by Crippen LogP contribution is -2.25. The van der Waals surface area contributed by atoms with Crippen molar-refractivity contribution >= 4 is 10.4 Å². The van der Waals surface area contributed by atoms with Crippen LogP contribution in [0.2, 0.25) is 0 Å². The Balaban J connectivity index is -0.00000142. The van der Waals surface area contributed by atoms with Gasteiger partial charge in [-0.05, 0) is 75.7 Å². The molecule has 0 fully saturated rings. The first-order chi connectivity index (χ1) is 40.2. The van der Waals surface area contributed by atoms with Crippen LogP contribution in [-0.2, 0) is 10.4 Å². The Morgan fingerprint density at radius 2 is 0.313 bits per heavy atom.